The van der Waals surface area contributed by atoms with Gasteiger partial charge in [-0.25, -0.2) is 4.79 Å². The molecule has 0 aliphatic carbocycles. The van der Waals surface area contributed by atoms with Gasteiger partial charge in [-0.1, -0.05) is 61.5 Å². The molecule has 52 heavy (non-hydrogen) atoms. The van der Waals surface area contributed by atoms with E-state index in [1.165, 1.54) is 0 Å². The van der Waals surface area contributed by atoms with E-state index in [2.05, 4.69) is 91.3 Å². The monoisotopic (exact) mass is 751 g/mol. The highest BCUT2D eigenvalue weighted by molar-refractivity contribution is 6.74. The molecule has 2 amide bonds. The standard InChI is InChI=1S/C41H74N2O8Si/c1-28(2)31(21-30-17-18-34(47-13)36(22-30)49-20-16-19-46-12)23-33(43-38(45)50-39(5,6)7)35(51-52(14,15)40(8,9)10)24-32(29(3)4)37(44)42-25-41(11)26-48-27-41/h17-18,22,28-29,31-33,35H,16,19-21,23-27H2,1-15H3,(H,42,44)(H,43,45)/t31?,32-,33-,35-/m0/s1. The topological polar surface area (TPSA) is 114 Å². The zero-order valence-corrected chi connectivity index (χ0v) is 36.3. The van der Waals surface area contributed by atoms with E-state index in [-0.39, 0.29) is 40.0 Å². The second-order valence-electron chi connectivity index (χ2n) is 18.4. The van der Waals surface area contributed by atoms with E-state index in [1.54, 1.807) is 14.2 Å². The van der Waals surface area contributed by atoms with Gasteiger partial charge in [0.15, 0.2) is 19.8 Å². The molecule has 0 bridgehead atoms. The van der Waals surface area contributed by atoms with E-state index < -0.39 is 32.2 Å². The molecule has 1 unspecified atom stereocenters. The van der Waals surface area contributed by atoms with Crippen LogP contribution in [0.15, 0.2) is 18.2 Å². The van der Waals surface area contributed by atoms with Crippen LogP contribution in [-0.4, -0.2) is 85.3 Å². The fourth-order valence-electron chi connectivity index (χ4n) is 6.10. The van der Waals surface area contributed by atoms with Gasteiger partial charge in [0.25, 0.3) is 0 Å². The molecule has 1 saturated heterocycles. The first-order chi connectivity index (χ1) is 24.0. The molecule has 2 N–H and O–H groups in total. The molecule has 1 aromatic carbocycles. The summed E-state index contributed by atoms with van der Waals surface area (Å²) in [5.74, 6) is 1.57. The molecule has 4 atom stereocenters. The summed E-state index contributed by atoms with van der Waals surface area (Å²) < 4.78 is 35.5. The van der Waals surface area contributed by atoms with Gasteiger partial charge in [0.1, 0.15) is 5.60 Å². The normalized spacial score (nSPS) is 17.2. The Morgan fingerprint density at radius 1 is 0.942 bits per heavy atom. The minimum absolute atomic E-state index is 0.0136. The maximum atomic E-state index is 13.9. The summed E-state index contributed by atoms with van der Waals surface area (Å²) >= 11 is 0. The lowest BCUT2D eigenvalue weighted by Gasteiger charge is -2.44. The Kier molecular flexibility index (Phi) is 17.5. The van der Waals surface area contributed by atoms with Crippen LogP contribution < -0.4 is 20.1 Å². The van der Waals surface area contributed by atoms with Crippen molar-refractivity contribution in [1.29, 1.82) is 0 Å². The third-order valence-corrected chi connectivity index (χ3v) is 15.1. The molecule has 1 heterocycles. The van der Waals surface area contributed by atoms with Gasteiger partial charge in [0.2, 0.25) is 5.91 Å². The Labute approximate surface area is 317 Å². The highest BCUT2D eigenvalue weighted by atomic mass is 28.4. The molecule has 0 aromatic heterocycles. The number of nitrogens with one attached hydrogen (secondary N) is 2. The quantitative estimate of drug-likeness (QED) is 0.0952. The third kappa shape index (κ3) is 14.8. The van der Waals surface area contributed by atoms with Gasteiger partial charge in [-0.05, 0) is 93.6 Å². The first-order valence-electron chi connectivity index (χ1n) is 19.3. The molecule has 300 valence electrons. The van der Waals surface area contributed by atoms with Crippen LogP contribution in [0.2, 0.25) is 18.1 Å². The van der Waals surface area contributed by atoms with Crippen LogP contribution in [0.1, 0.15) is 101 Å². The minimum Gasteiger partial charge on any atom is -0.493 e. The summed E-state index contributed by atoms with van der Waals surface area (Å²) in [7, 11) is 0.954. The third-order valence-electron chi connectivity index (χ3n) is 10.6. The number of hydrogen-bond acceptors (Lipinski definition) is 8. The van der Waals surface area contributed by atoms with E-state index in [4.69, 9.17) is 28.1 Å². The van der Waals surface area contributed by atoms with Crippen LogP contribution in [0.25, 0.3) is 0 Å². The lowest BCUT2D eigenvalue weighted by molar-refractivity contribution is -0.132. The zero-order valence-electron chi connectivity index (χ0n) is 35.3. The lowest BCUT2D eigenvalue weighted by atomic mass is 9.80. The summed E-state index contributed by atoms with van der Waals surface area (Å²) in [6, 6.07) is 5.70. The van der Waals surface area contributed by atoms with Crippen molar-refractivity contribution < 1.29 is 37.7 Å². The van der Waals surface area contributed by atoms with E-state index in [9.17, 15) is 9.59 Å². The first kappa shape index (κ1) is 45.8. The molecule has 0 saturated carbocycles. The summed E-state index contributed by atoms with van der Waals surface area (Å²) in [5.41, 5.74) is 0.398. The fraction of sp³-hybridized carbons (Fsp3) is 0.805. The Balaban J connectivity index is 2.55. The van der Waals surface area contributed by atoms with Crippen molar-refractivity contribution in [3.63, 3.8) is 0 Å². The van der Waals surface area contributed by atoms with Crippen LogP contribution in [0.4, 0.5) is 4.79 Å². The average Bonchev–Trinajstić information content (AvgIpc) is 3.00. The molecular formula is C41H74N2O8Si. The fourth-order valence-corrected chi connectivity index (χ4v) is 7.47. The molecular weight excluding hydrogens is 677 g/mol. The van der Waals surface area contributed by atoms with Crippen molar-refractivity contribution in [2.24, 2.45) is 29.1 Å². The number of carbonyl (C=O) groups excluding carboxylic acids is 2. The number of rotatable bonds is 21. The summed E-state index contributed by atoms with van der Waals surface area (Å²) in [4.78, 5) is 27.5. The maximum Gasteiger partial charge on any atom is 0.407 e. The van der Waals surface area contributed by atoms with Crippen molar-refractivity contribution in [3.05, 3.63) is 23.8 Å². The number of hydrogen-bond donors (Lipinski definition) is 2. The maximum absolute atomic E-state index is 13.9. The number of carbonyl (C=O) groups is 2. The van der Waals surface area contributed by atoms with Gasteiger partial charge in [-0.2, -0.15) is 0 Å². The number of alkyl carbamates (subject to hydrolysis) is 1. The lowest BCUT2D eigenvalue weighted by Crippen LogP contribution is -2.55. The van der Waals surface area contributed by atoms with E-state index in [0.29, 0.717) is 57.3 Å². The van der Waals surface area contributed by atoms with Crippen molar-refractivity contribution >= 4 is 20.3 Å². The van der Waals surface area contributed by atoms with Crippen molar-refractivity contribution in [3.8, 4) is 11.5 Å². The molecule has 2 rings (SSSR count). The number of ether oxygens (including phenoxy) is 5. The molecule has 0 spiro atoms. The van der Waals surface area contributed by atoms with Crippen molar-refractivity contribution in [1.82, 2.24) is 10.6 Å². The van der Waals surface area contributed by atoms with Crippen molar-refractivity contribution in [2.45, 2.75) is 138 Å². The highest BCUT2D eigenvalue weighted by Gasteiger charge is 2.44. The van der Waals surface area contributed by atoms with Crippen LogP contribution in [0.3, 0.4) is 0 Å². The Morgan fingerprint density at radius 3 is 2.10 bits per heavy atom. The second kappa shape index (κ2) is 19.8. The Hall–Kier alpha value is -2.34. The predicted octanol–water partition coefficient (Wildman–Crippen LogP) is 8.41. The van der Waals surface area contributed by atoms with Crippen LogP contribution in [0, 0.1) is 29.1 Å². The first-order valence-corrected chi connectivity index (χ1v) is 22.2. The zero-order chi connectivity index (χ0) is 39.5. The van der Waals surface area contributed by atoms with E-state index in [0.717, 1.165) is 18.4 Å². The van der Waals surface area contributed by atoms with Gasteiger partial charge in [0, 0.05) is 38.0 Å². The smallest absolute Gasteiger partial charge is 0.407 e. The van der Waals surface area contributed by atoms with Crippen molar-refractivity contribution in [2.75, 3.05) is 47.2 Å². The van der Waals surface area contributed by atoms with Crippen LogP contribution in [0.5, 0.6) is 11.5 Å². The molecule has 1 aliphatic rings. The highest BCUT2D eigenvalue weighted by Crippen LogP contribution is 2.40. The van der Waals surface area contributed by atoms with Gasteiger partial charge in [-0.15, -0.1) is 0 Å². The molecule has 1 fully saturated rings. The van der Waals surface area contributed by atoms with Gasteiger partial charge >= 0.3 is 6.09 Å². The number of amides is 2. The molecule has 1 aliphatic heterocycles. The summed E-state index contributed by atoms with van der Waals surface area (Å²) in [6.45, 7) is 30.5. The summed E-state index contributed by atoms with van der Waals surface area (Å²) in [6.07, 6.45) is 1.72. The van der Waals surface area contributed by atoms with Crippen LogP contribution in [-0.2, 0) is 29.9 Å². The van der Waals surface area contributed by atoms with E-state index >= 15 is 0 Å². The summed E-state index contributed by atoms with van der Waals surface area (Å²) in [5, 5.41) is 6.43. The predicted molar refractivity (Wildman–Crippen MR) is 212 cm³/mol. The molecule has 11 heteroatoms. The van der Waals surface area contributed by atoms with Gasteiger partial charge < -0.3 is 38.7 Å². The molecule has 1 aromatic rings. The average molecular weight is 751 g/mol. The van der Waals surface area contributed by atoms with Gasteiger partial charge in [0.05, 0.1) is 39.1 Å². The molecule has 0 radical (unpaired) electrons. The largest absolute Gasteiger partial charge is 0.493 e. The minimum atomic E-state index is -2.38. The van der Waals surface area contributed by atoms with Gasteiger partial charge in [-0.3, -0.25) is 4.79 Å². The Morgan fingerprint density at radius 2 is 1.60 bits per heavy atom. The number of methoxy groups -OCH3 is 2. The Bertz CT molecular complexity index is 1250. The molecule has 10 nitrogen and oxygen atoms in total. The number of benzene rings is 1. The van der Waals surface area contributed by atoms with E-state index in [1.807, 2.05) is 26.8 Å². The SMILES string of the molecule is COCCCOc1cc(CC(C[C@H](NC(=O)OC(C)(C)C)[C@H](C[C@H](C(=O)NCC2(C)COC2)C(C)C)O[Si](C)(C)C(C)(C)C)C(C)C)ccc1OC. The van der Waals surface area contributed by atoms with Crippen LogP contribution >= 0.6 is 0 Å². The second-order valence-corrected chi connectivity index (χ2v) is 23.2.